The molecule has 3 rings (SSSR count). The van der Waals surface area contributed by atoms with Crippen molar-refractivity contribution in [2.75, 3.05) is 0 Å². The molecule has 0 saturated heterocycles. The predicted octanol–water partition coefficient (Wildman–Crippen LogP) is 2.98. The third-order valence-electron chi connectivity index (χ3n) is 4.05. The van der Waals surface area contributed by atoms with Gasteiger partial charge in [-0.05, 0) is 24.3 Å². The van der Waals surface area contributed by atoms with Crippen LogP contribution in [0.2, 0.25) is 0 Å². The summed E-state index contributed by atoms with van der Waals surface area (Å²) in [5, 5.41) is 7.64. The van der Waals surface area contributed by atoms with Crippen molar-refractivity contribution in [3.63, 3.8) is 0 Å². The Bertz CT molecular complexity index is 1140. The SMILES string of the molecule is C#CCn1nc(CNC(=O)c2cccc(C(F)(F)F)c2)c2ccccc2c1=O. The summed E-state index contributed by atoms with van der Waals surface area (Å²) in [7, 11) is 0. The van der Waals surface area contributed by atoms with Crippen molar-refractivity contribution < 1.29 is 18.0 Å². The van der Waals surface area contributed by atoms with Crippen LogP contribution in [0.1, 0.15) is 21.6 Å². The van der Waals surface area contributed by atoms with Crippen LogP contribution in [0.5, 0.6) is 0 Å². The van der Waals surface area contributed by atoms with Crippen molar-refractivity contribution in [1.82, 2.24) is 15.1 Å². The summed E-state index contributed by atoms with van der Waals surface area (Å²) in [5.41, 5.74) is -1.02. The van der Waals surface area contributed by atoms with Gasteiger partial charge in [0.15, 0.2) is 0 Å². The third-order valence-corrected chi connectivity index (χ3v) is 4.05. The maximum absolute atomic E-state index is 12.8. The molecule has 5 nitrogen and oxygen atoms in total. The van der Waals surface area contributed by atoms with Crippen LogP contribution in [0.25, 0.3) is 10.8 Å². The molecular weight excluding hydrogens is 371 g/mol. The Hall–Kier alpha value is -3.60. The normalized spacial score (nSPS) is 11.2. The van der Waals surface area contributed by atoms with Crippen LogP contribution in [0, 0.1) is 12.3 Å². The topological polar surface area (TPSA) is 64.0 Å². The van der Waals surface area contributed by atoms with Crippen molar-refractivity contribution in [3.8, 4) is 12.3 Å². The van der Waals surface area contributed by atoms with Crippen molar-refractivity contribution >= 4 is 16.7 Å². The van der Waals surface area contributed by atoms with Crippen molar-refractivity contribution in [3.05, 3.63) is 75.7 Å². The summed E-state index contributed by atoms with van der Waals surface area (Å²) in [4.78, 5) is 24.7. The van der Waals surface area contributed by atoms with Gasteiger partial charge >= 0.3 is 6.18 Å². The minimum atomic E-state index is -4.54. The minimum absolute atomic E-state index is 0.0434. The number of aromatic nitrogens is 2. The lowest BCUT2D eigenvalue weighted by atomic mass is 10.1. The molecule has 3 aromatic rings. The molecule has 0 saturated carbocycles. The average Bonchev–Trinajstić information content (AvgIpc) is 2.68. The van der Waals surface area contributed by atoms with Crippen molar-refractivity contribution in [2.45, 2.75) is 19.3 Å². The molecule has 28 heavy (non-hydrogen) atoms. The maximum Gasteiger partial charge on any atom is 0.416 e. The molecule has 0 spiro atoms. The lowest BCUT2D eigenvalue weighted by Crippen LogP contribution is -2.28. The summed E-state index contributed by atoms with van der Waals surface area (Å²) in [6, 6.07) is 10.8. The Morgan fingerprint density at radius 3 is 2.54 bits per heavy atom. The van der Waals surface area contributed by atoms with Gasteiger partial charge in [0, 0.05) is 10.9 Å². The predicted molar refractivity (Wildman–Crippen MR) is 97.5 cm³/mol. The standard InChI is InChI=1S/C20H14F3N3O2/c1-2-10-26-19(28)16-9-4-3-8-15(16)17(25-26)12-24-18(27)13-6-5-7-14(11-13)20(21,22)23/h1,3-9,11H,10,12H2,(H,24,27). The Balaban J connectivity index is 1.90. The van der Waals surface area contributed by atoms with Crippen molar-refractivity contribution in [2.24, 2.45) is 0 Å². The fourth-order valence-electron chi connectivity index (χ4n) is 2.73. The van der Waals surface area contributed by atoms with Gasteiger partial charge in [0.25, 0.3) is 11.5 Å². The quantitative estimate of drug-likeness (QED) is 0.703. The summed E-state index contributed by atoms with van der Waals surface area (Å²) >= 11 is 0. The number of benzene rings is 2. The molecule has 1 aromatic heterocycles. The van der Waals surface area contributed by atoms with Crippen LogP contribution in [0.3, 0.4) is 0 Å². The lowest BCUT2D eigenvalue weighted by Gasteiger charge is -2.11. The van der Waals surface area contributed by atoms with Gasteiger partial charge in [0.1, 0.15) is 6.54 Å². The number of terminal acetylenes is 1. The fraction of sp³-hybridized carbons (Fsp3) is 0.150. The van der Waals surface area contributed by atoms with E-state index in [9.17, 15) is 22.8 Å². The minimum Gasteiger partial charge on any atom is -0.346 e. The largest absolute Gasteiger partial charge is 0.416 e. The highest BCUT2D eigenvalue weighted by Gasteiger charge is 2.30. The van der Waals surface area contributed by atoms with Gasteiger partial charge in [-0.2, -0.15) is 18.3 Å². The van der Waals surface area contributed by atoms with E-state index in [-0.39, 0.29) is 24.2 Å². The Labute approximate surface area is 157 Å². The van der Waals surface area contributed by atoms with E-state index in [1.165, 1.54) is 12.1 Å². The van der Waals surface area contributed by atoms with Gasteiger partial charge in [0.05, 0.1) is 23.2 Å². The monoisotopic (exact) mass is 385 g/mol. The molecule has 1 N–H and O–H groups in total. The number of hydrogen-bond acceptors (Lipinski definition) is 3. The summed E-state index contributed by atoms with van der Waals surface area (Å²) in [6.45, 7) is -0.126. The molecule has 0 aliphatic carbocycles. The second-order valence-electron chi connectivity index (χ2n) is 5.92. The highest BCUT2D eigenvalue weighted by Crippen LogP contribution is 2.29. The van der Waals surface area contributed by atoms with E-state index in [1.54, 1.807) is 24.3 Å². The van der Waals surface area contributed by atoms with Crippen LogP contribution in [-0.2, 0) is 19.3 Å². The molecule has 1 heterocycles. The molecule has 2 aromatic carbocycles. The second-order valence-corrected chi connectivity index (χ2v) is 5.92. The number of halogens is 3. The molecule has 0 fully saturated rings. The molecular formula is C20H14F3N3O2. The number of fused-ring (bicyclic) bond motifs is 1. The summed E-state index contributed by atoms with van der Waals surface area (Å²) in [6.07, 6.45) is 0.717. The van der Waals surface area contributed by atoms with E-state index in [0.29, 0.717) is 16.5 Å². The second kappa shape index (κ2) is 7.56. The first-order valence-electron chi connectivity index (χ1n) is 8.19. The highest BCUT2D eigenvalue weighted by molar-refractivity contribution is 5.94. The number of alkyl halides is 3. The van der Waals surface area contributed by atoms with Crippen LogP contribution in [0.15, 0.2) is 53.3 Å². The number of nitrogens with one attached hydrogen (secondary N) is 1. The first-order chi connectivity index (χ1) is 13.3. The molecule has 0 unspecified atom stereocenters. The van der Waals surface area contributed by atoms with Gasteiger partial charge in [0.2, 0.25) is 0 Å². The summed E-state index contributed by atoms with van der Waals surface area (Å²) in [5.74, 6) is 1.65. The van der Waals surface area contributed by atoms with Crippen LogP contribution >= 0.6 is 0 Å². The highest BCUT2D eigenvalue weighted by atomic mass is 19.4. The smallest absolute Gasteiger partial charge is 0.346 e. The fourth-order valence-corrected chi connectivity index (χ4v) is 2.73. The summed E-state index contributed by atoms with van der Waals surface area (Å²) < 4.78 is 39.6. The van der Waals surface area contributed by atoms with E-state index in [0.717, 1.165) is 16.8 Å². The van der Waals surface area contributed by atoms with Crippen LogP contribution in [0.4, 0.5) is 13.2 Å². The molecule has 1 amide bonds. The first-order valence-corrected chi connectivity index (χ1v) is 8.19. The first kappa shape index (κ1) is 19.2. The number of hydrogen-bond donors (Lipinski definition) is 1. The third kappa shape index (κ3) is 3.88. The van der Waals surface area contributed by atoms with E-state index in [4.69, 9.17) is 6.42 Å². The molecule has 0 atom stereocenters. The van der Waals surface area contributed by atoms with Gasteiger partial charge in [-0.15, -0.1) is 6.42 Å². The van der Waals surface area contributed by atoms with Gasteiger partial charge in [-0.25, -0.2) is 4.68 Å². The molecule has 0 aliphatic heterocycles. The zero-order valence-corrected chi connectivity index (χ0v) is 14.5. The molecule has 0 radical (unpaired) electrons. The number of rotatable bonds is 4. The van der Waals surface area contributed by atoms with Gasteiger partial charge < -0.3 is 5.32 Å². The van der Waals surface area contributed by atoms with Crippen LogP contribution < -0.4 is 10.9 Å². The number of carbonyl (C=O) groups is 1. The van der Waals surface area contributed by atoms with E-state index >= 15 is 0 Å². The van der Waals surface area contributed by atoms with E-state index < -0.39 is 17.6 Å². The zero-order chi connectivity index (χ0) is 20.3. The Kier molecular flexibility index (Phi) is 5.18. The van der Waals surface area contributed by atoms with Crippen molar-refractivity contribution in [1.29, 1.82) is 0 Å². The lowest BCUT2D eigenvalue weighted by molar-refractivity contribution is -0.137. The Morgan fingerprint density at radius 1 is 1.14 bits per heavy atom. The Morgan fingerprint density at radius 2 is 1.86 bits per heavy atom. The molecule has 8 heteroatoms. The number of amides is 1. The van der Waals surface area contributed by atoms with Crippen LogP contribution in [-0.4, -0.2) is 15.7 Å². The van der Waals surface area contributed by atoms with E-state index in [1.807, 2.05) is 0 Å². The number of nitrogens with zero attached hydrogens (tertiary/aromatic N) is 2. The molecule has 142 valence electrons. The molecule has 0 aliphatic rings. The zero-order valence-electron chi connectivity index (χ0n) is 14.5. The van der Waals surface area contributed by atoms with E-state index in [2.05, 4.69) is 16.3 Å². The maximum atomic E-state index is 12.8. The van der Waals surface area contributed by atoms with Gasteiger partial charge in [-0.3, -0.25) is 9.59 Å². The van der Waals surface area contributed by atoms with Gasteiger partial charge in [-0.1, -0.05) is 30.2 Å². The number of carbonyl (C=O) groups excluding carboxylic acids is 1. The average molecular weight is 385 g/mol. The molecule has 0 bridgehead atoms.